The topological polar surface area (TPSA) is 68.5 Å². The number of nitro benzene ring substituents is 1. The summed E-state index contributed by atoms with van der Waals surface area (Å²) in [5.41, 5.74) is 2.83. The highest BCUT2D eigenvalue weighted by Crippen LogP contribution is 2.37. The minimum Gasteiger partial charge on any atom is -0.496 e. The second-order valence-corrected chi connectivity index (χ2v) is 7.67. The lowest BCUT2D eigenvalue weighted by atomic mass is 9.97. The maximum absolute atomic E-state index is 11.3. The molecule has 0 aliphatic carbocycles. The lowest BCUT2D eigenvalue weighted by molar-refractivity contribution is -0.384. The van der Waals surface area contributed by atoms with Crippen LogP contribution in [0.25, 0.3) is 11.3 Å². The van der Waals surface area contributed by atoms with Gasteiger partial charge >= 0.3 is 0 Å². The number of ether oxygens (including phenoxy) is 1. The molecule has 6 nitrogen and oxygen atoms in total. The molecule has 2 aromatic carbocycles. The van der Waals surface area contributed by atoms with Gasteiger partial charge in [0.2, 0.25) is 0 Å². The molecule has 4 rings (SSSR count). The molecule has 1 aromatic heterocycles. The number of nitrogens with zero attached hydrogens (tertiary/aromatic N) is 3. The zero-order chi connectivity index (χ0) is 19.5. The monoisotopic (exact) mass is 395 g/mol. The van der Waals surface area contributed by atoms with E-state index < -0.39 is 0 Å². The first-order chi connectivity index (χ1) is 13.7. The summed E-state index contributed by atoms with van der Waals surface area (Å²) in [6.07, 6.45) is 1.87. The lowest BCUT2D eigenvalue weighted by Crippen LogP contribution is -2.33. The van der Waals surface area contributed by atoms with Crippen molar-refractivity contribution in [1.82, 2.24) is 4.98 Å². The van der Waals surface area contributed by atoms with Crippen molar-refractivity contribution in [2.24, 2.45) is 0 Å². The molecule has 0 spiro atoms. The van der Waals surface area contributed by atoms with Crippen molar-refractivity contribution < 1.29 is 9.66 Å². The molecular formula is C21H21N3O3S. The molecule has 0 saturated carbocycles. The van der Waals surface area contributed by atoms with Gasteiger partial charge in [-0.2, -0.15) is 0 Å². The number of methoxy groups -OCH3 is 1. The fraction of sp³-hybridized carbons (Fsp3) is 0.286. The molecule has 0 atom stereocenters. The van der Waals surface area contributed by atoms with Crippen LogP contribution in [0.1, 0.15) is 23.8 Å². The Morgan fingerprint density at radius 2 is 1.86 bits per heavy atom. The number of nitro groups is 1. The standard InChI is InChI=1S/C21H21N3O3S/c1-27-20-9-5-2-6-16(20)17-14-28-21(22-17)15-10-12-23(13-11-15)18-7-3-4-8-19(18)24(25)26/h2-9,14-15H,10-13H2,1H3. The van der Waals surface area contributed by atoms with Crippen LogP contribution in [0.5, 0.6) is 5.75 Å². The zero-order valence-corrected chi connectivity index (χ0v) is 16.4. The van der Waals surface area contributed by atoms with Crippen LogP contribution in [0.2, 0.25) is 0 Å². The highest BCUT2D eigenvalue weighted by Gasteiger charge is 2.27. The Bertz CT molecular complexity index is 980. The number of rotatable bonds is 5. The Labute approximate surface area is 167 Å². The SMILES string of the molecule is COc1ccccc1-c1csc(C2CCN(c3ccccc3[N+](=O)[O-])CC2)n1. The van der Waals surface area contributed by atoms with Crippen molar-refractivity contribution in [3.63, 3.8) is 0 Å². The third-order valence-corrected chi connectivity index (χ3v) is 6.18. The first-order valence-corrected chi connectivity index (χ1v) is 10.1. The van der Waals surface area contributed by atoms with Crippen LogP contribution < -0.4 is 9.64 Å². The smallest absolute Gasteiger partial charge is 0.292 e. The molecule has 1 fully saturated rings. The quantitative estimate of drug-likeness (QED) is 0.443. The largest absolute Gasteiger partial charge is 0.496 e. The van der Waals surface area contributed by atoms with E-state index in [-0.39, 0.29) is 10.6 Å². The maximum Gasteiger partial charge on any atom is 0.292 e. The minimum absolute atomic E-state index is 0.175. The second-order valence-electron chi connectivity index (χ2n) is 6.78. The van der Waals surface area contributed by atoms with Crippen molar-refractivity contribution in [2.45, 2.75) is 18.8 Å². The number of hydrogen-bond acceptors (Lipinski definition) is 6. The number of anilines is 1. The molecule has 1 aliphatic rings. The van der Waals surface area contributed by atoms with Crippen LogP contribution >= 0.6 is 11.3 Å². The molecule has 1 saturated heterocycles. The van der Waals surface area contributed by atoms with E-state index >= 15 is 0 Å². The zero-order valence-electron chi connectivity index (χ0n) is 15.6. The van der Waals surface area contributed by atoms with Gasteiger partial charge in [0.05, 0.1) is 22.7 Å². The van der Waals surface area contributed by atoms with Gasteiger partial charge in [0.25, 0.3) is 5.69 Å². The molecule has 2 heterocycles. The van der Waals surface area contributed by atoms with Crippen LogP contribution in [0.4, 0.5) is 11.4 Å². The average molecular weight is 395 g/mol. The summed E-state index contributed by atoms with van der Waals surface area (Å²) in [6, 6.07) is 14.9. The van der Waals surface area contributed by atoms with Gasteiger partial charge in [0.1, 0.15) is 11.4 Å². The summed E-state index contributed by atoms with van der Waals surface area (Å²) in [4.78, 5) is 18.0. The molecule has 28 heavy (non-hydrogen) atoms. The van der Waals surface area contributed by atoms with E-state index in [1.54, 1.807) is 30.6 Å². The molecule has 0 N–H and O–H groups in total. The van der Waals surface area contributed by atoms with Gasteiger partial charge in [0.15, 0.2) is 0 Å². The Morgan fingerprint density at radius 1 is 1.14 bits per heavy atom. The van der Waals surface area contributed by atoms with Crippen LogP contribution in [0, 0.1) is 10.1 Å². The maximum atomic E-state index is 11.3. The lowest BCUT2D eigenvalue weighted by Gasteiger charge is -2.32. The predicted molar refractivity (Wildman–Crippen MR) is 111 cm³/mol. The average Bonchev–Trinajstić information content (AvgIpc) is 3.24. The summed E-state index contributed by atoms with van der Waals surface area (Å²) < 4.78 is 5.45. The van der Waals surface area contributed by atoms with Crippen molar-refractivity contribution in [1.29, 1.82) is 0 Å². The second kappa shape index (κ2) is 7.98. The van der Waals surface area contributed by atoms with E-state index in [1.165, 1.54) is 0 Å². The Morgan fingerprint density at radius 3 is 2.61 bits per heavy atom. The van der Waals surface area contributed by atoms with Gasteiger partial charge in [-0.15, -0.1) is 11.3 Å². The van der Waals surface area contributed by atoms with E-state index in [0.29, 0.717) is 11.6 Å². The normalized spacial score (nSPS) is 14.8. The molecule has 7 heteroatoms. The molecule has 0 bridgehead atoms. The fourth-order valence-electron chi connectivity index (χ4n) is 3.71. The van der Waals surface area contributed by atoms with E-state index in [1.807, 2.05) is 36.4 Å². The van der Waals surface area contributed by atoms with Crippen LogP contribution in [0.15, 0.2) is 53.9 Å². The Balaban J connectivity index is 1.48. The number of thiazole rings is 1. The van der Waals surface area contributed by atoms with E-state index in [0.717, 1.165) is 47.9 Å². The van der Waals surface area contributed by atoms with E-state index in [2.05, 4.69) is 10.3 Å². The highest BCUT2D eigenvalue weighted by atomic mass is 32.1. The third-order valence-electron chi connectivity index (χ3n) is 5.17. The number of aromatic nitrogens is 1. The fourth-order valence-corrected chi connectivity index (χ4v) is 4.70. The summed E-state index contributed by atoms with van der Waals surface area (Å²) >= 11 is 1.68. The molecule has 0 unspecified atom stereocenters. The van der Waals surface area contributed by atoms with Crippen LogP contribution in [-0.2, 0) is 0 Å². The third kappa shape index (κ3) is 3.57. The predicted octanol–water partition coefficient (Wildman–Crippen LogP) is 5.11. The minimum atomic E-state index is -0.304. The summed E-state index contributed by atoms with van der Waals surface area (Å²) in [7, 11) is 1.67. The molecule has 0 radical (unpaired) electrons. The van der Waals surface area contributed by atoms with E-state index in [9.17, 15) is 10.1 Å². The Hall–Kier alpha value is -2.93. The van der Waals surface area contributed by atoms with Gasteiger partial charge < -0.3 is 9.64 Å². The molecule has 3 aromatic rings. The highest BCUT2D eigenvalue weighted by molar-refractivity contribution is 7.10. The van der Waals surface area contributed by atoms with Gasteiger partial charge in [0, 0.05) is 36.0 Å². The van der Waals surface area contributed by atoms with Gasteiger partial charge in [-0.3, -0.25) is 10.1 Å². The van der Waals surface area contributed by atoms with Gasteiger partial charge in [-0.05, 0) is 31.0 Å². The number of piperidine rings is 1. The number of hydrogen-bond donors (Lipinski definition) is 0. The summed E-state index contributed by atoms with van der Waals surface area (Å²) in [5.74, 6) is 1.21. The summed E-state index contributed by atoms with van der Waals surface area (Å²) in [5, 5.41) is 14.5. The van der Waals surface area contributed by atoms with Crippen LogP contribution in [0.3, 0.4) is 0 Å². The van der Waals surface area contributed by atoms with E-state index in [4.69, 9.17) is 9.72 Å². The summed E-state index contributed by atoms with van der Waals surface area (Å²) in [6.45, 7) is 1.58. The first kappa shape index (κ1) is 18.4. The Kier molecular flexibility index (Phi) is 5.25. The molecule has 1 aliphatic heterocycles. The van der Waals surface area contributed by atoms with Crippen molar-refractivity contribution in [2.75, 3.05) is 25.1 Å². The number of para-hydroxylation sites is 3. The number of benzene rings is 2. The molecule has 144 valence electrons. The molecular weight excluding hydrogens is 374 g/mol. The van der Waals surface area contributed by atoms with Gasteiger partial charge in [-0.1, -0.05) is 24.3 Å². The first-order valence-electron chi connectivity index (χ1n) is 9.24. The van der Waals surface area contributed by atoms with Crippen molar-refractivity contribution >= 4 is 22.7 Å². The van der Waals surface area contributed by atoms with Crippen molar-refractivity contribution in [3.05, 3.63) is 69.0 Å². The molecule has 0 amide bonds. The van der Waals surface area contributed by atoms with Crippen LogP contribution in [-0.4, -0.2) is 30.1 Å². The van der Waals surface area contributed by atoms with Crippen molar-refractivity contribution in [3.8, 4) is 17.0 Å². The van der Waals surface area contributed by atoms with Gasteiger partial charge in [-0.25, -0.2) is 4.98 Å².